The van der Waals surface area contributed by atoms with Crippen LogP contribution in [0.1, 0.15) is 31.1 Å². The van der Waals surface area contributed by atoms with E-state index in [1.165, 1.54) is 7.11 Å². The van der Waals surface area contributed by atoms with Gasteiger partial charge >= 0.3 is 5.97 Å². The van der Waals surface area contributed by atoms with Crippen molar-refractivity contribution in [2.24, 2.45) is 0 Å². The quantitative estimate of drug-likeness (QED) is 0.343. The van der Waals surface area contributed by atoms with Crippen molar-refractivity contribution in [3.05, 3.63) is 27.8 Å². The molecule has 8 nitrogen and oxygen atoms in total. The van der Waals surface area contributed by atoms with E-state index in [0.717, 1.165) is 12.1 Å². The van der Waals surface area contributed by atoms with Crippen LogP contribution in [0.25, 0.3) is 0 Å². The largest absolute Gasteiger partial charge is 0.493 e. The summed E-state index contributed by atoms with van der Waals surface area (Å²) in [6, 6.07) is 2.15. The Morgan fingerprint density at radius 3 is 2.45 bits per heavy atom. The number of nitrogens with zero attached hydrogens (tertiary/aromatic N) is 1. The number of hydrogen-bond donors (Lipinski definition) is 0. The van der Waals surface area contributed by atoms with Crippen molar-refractivity contribution in [2.75, 3.05) is 13.7 Å². The van der Waals surface area contributed by atoms with Gasteiger partial charge in [0.25, 0.3) is 5.69 Å². The van der Waals surface area contributed by atoms with Gasteiger partial charge in [-0.2, -0.15) is 0 Å². The van der Waals surface area contributed by atoms with Gasteiger partial charge in [0.15, 0.2) is 24.4 Å². The van der Waals surface area contributed by atoms with Crippen LogP contribution < -0.4 is 9.47 Å². The molecule has 0 aliphatic carbocycles. The van der Waals surface area contributed by atoms with E-state index in [4.69, 9.17) is 14.2 Å². The molecule has 0 saturated carbocycles. The molecule has 0 aromatic heterocycles. The number of carbonyl (C=O) groups is 2. The summed E-state index contributed by atoms with van der Waals surface area (Å²) in [6.45, 7) is 4.66. The smallest absolute Gasteiger partial charge is 0.344 e. The van der Waals surface area contributed by atoms with Gasteiger partial charge in [-0.05, 0) is 20.8 Å². The fourth-order valence-corrected chi connectivity index (χ4v) is 1.61. The maximum absolute atomic E-state index is 11.6. The van der Waals surface area contributed by atoms with Gasteiger partial charge in [0, 0.05) is 6.07 Å². The maximum Gasteiger partial charge on any atom is 0.344 e. The van der Waals surface area contributed by atoms with Crippen molar-refractivity contribution in [3.63, 3.8) is 0 Å². The van der Waals surface area contributed by atoms with Crippen molar-refractivity contribution >= 4 is 17.9 Å². The van der Waals surface area contributed by atoms with Crippen LogP contribution in [0.4, 0.5) is 5.69 Å². The second kappa shape index (κ2) is 6.88. The molecule has 0 bridgehead atoms. The van der Waals surface area contributed by atoms with Crippen LogP contribution in [0.3, 0.4) is 0 Å². The van der Waals surface area contributed by atoms with Gasteiger partial charge < -0.3 is 14.2 Å². The number of nitro benzene ring substituents is 1. The highest BCUT2D eigenvalue weighted by Crippen LogP contribution is 2.34. The molecule has 1 aromatic carbocycles. The maximum atomic E-state index is 11.6. The van der Waals surface area contributed by atoms with Crippen LogP contribution in [0.5, 0.6) is 11.5 Å². The third-order valence-electron chi connectivity index (χ3n) is 2.38. The lowest BCUT2D eigenvalue weighted by molar-refractivity contribution is -0.385. The Bertz CT molecular complexity index is 590. The molecular weight excluding hydrogens is 294 g/mol. The van der Waals surface area contributed by atoms with Crippen molar-refractivity contribution in [2.45, 2.75) is 26.4 Å². The lowest BCUT2D eigenvalue weighted by atomic mass is 10.1. The Kier molecular flexibility index (Phi) is 5.44. The molecule has 0 heterocycles. The molecule has 22 heavy (non-hydrogen) atoms. The van der Waals surface area contributed by atoms with Crippen molar-refractivity contribution in [3.8, 4) is 11.5 Å². The summed E-state index contributed by atoms with van der Waals surface area (Å²) >= 11 is 0. The van der Waals surface area contributed by atoms with Gasteiger partial charge in [-0.3, -0.25) is 14.9 Å². The van der Waals surface area contributed by atoms with Gasteiger partial charge in [-0.15, -0.1) is 0 Å². The molecule has 0 aliphatic heterocycles. The Hall–Kier alpha value is -2.64. The molecular formula is C14H17NO7. The van der Waals surface area contributed by atoms with Crippen LogP contribution in [0.2, 0.25) is 0 Å². The average Bonchev–Trinajstić information content (AvgIpc) is 2.41. The minimum atomic E-state index is -0.673. The first kappa shape index (κ1) is 17.4. The molecule has 0 unspecified atom stereocenters. The number of esters is 1. The summed E-state index contributed by atoms with van der Waals surface area (Å²) in [5.41, 5.74) is -1.08. The van der Waals surface area contributed by atoms with Crippen molar-refractivity contribution in [1.29, 1.82) is 0 Å². The number of non-ortho nitro benzene ring substituents is 1. The summed E-state index contributed by atoms with van der Waals surface area (Å²) in [7, 11) is 1.27. The highest BCUT2D eigenvalue weighted by Gasteiger charge is 2.21. The van der Waals surface area contributed by atoms with E-state index in [1.54, 1.807) is 20.8 Å². The van der Waals surface area contributed by atoms with E-state index >= 15 is 0 Å². The predicted molar refractivity (Wildman–Crippen MR) is 76.4 cm³/mol. The minimum absolute atomic E-state index is 0.0140. The summed E-state index contributed by atoms with van der Waals surface area (Å²) < 4.78 is 15.3. The lowest BCUT2D eigenvalue weighted by Crippen LogP contribution is -2.27. The van der Waals surface area contributed by atoms with Crippen LogP contribution in [-0.2, 0) is 9.53 Å². The summed E-state index contributed by atoms with van der Waals surface area (Å²) in [4.78, 5) is 32.8. The second-order valence-electron chi connectivity index (χ2n) is 5.32. The average molecular weight is 311 g/mol. The number of rotatable bonds is 6. The monoisotopic (exact) mass is 311 g/mol. The van der Waals surface area contributed by atoms with Crippen LogP contribution in [-0.4, -0.2) is 36.5 Å². The fourth-order valence-electron chi connectivity index (χ4n) is 1.61. The van der Waals surface area contributed by atoms with Crippen LogP contribution >= 0.6 is 0 Å². The van der Waals surface area contributed by atoms with Gasteiger partial charge in [0.2, 0.25) is 0 Å². The third kappa shape index (κ3) is 4.72. The molecule has 0 spiro atoms. The first-order valence-corrected chi connectivity index (χ1v) is 6.34. The molecule has 0 radical (unpaired) electrons. The molecule has 1 rings (SSSR count). The Morgan fingerprint density at radius 1 is 1.36 bits per heavy atom. The number of hydrogen-bond acceptors (Lipinski definition) is 7. The van der Waals surface area contributed by atoms with E-state index in [-0.39, 0.29) is 22.7 Å². The Morgan fingerprint density at radius 2 is 2.00 bits per heavy atom. The number of carbonyl (C=O) groups excluding carboxylic acids is 2. The van der Waals surface area contributed by atoms with Gasteiger partial charge in [-0.25, -0.2) is 4.79 Å². The van der Waals surface area contributed by atoms with E-state index in [1.807, 2.05) is 0 Å². The molecule has 0 amide bonds. The zero-order valence-electron chi connectivity index (χ0n) is 12.7. The molecule has 0 atom stereocenters. The highest BCUT2D eigenvalue weighted by molar-refractivity contribution is 5.83. The minimum Gasteiger partial charge on any atom is -0.493 e. The van der Waals surface area contributed by atoms with E-state index in [2.05, 4.69) is 0 Å². The predicted octanol–water partition coefficient (Wildman–Crippen LogP) is 2.14. The SMILES string of the molecule is COc1cc([N+](=O)[O-])cc(C=O)c1OCC(=O)OC(C)(C)C. The third-order valence-corrected chi connectivity index (χ3v) is 2.38. The summed E-state index contributed by atoms with van der Waals surface area (Å²) in [5, 5.41) is 10.8. The zero-order chi connectivity index (χ0) is 16.9. The standard InChI is InChI=1S/C14H17NO7/c1-14(2,3)22-12(17)8-21-13-9(7-16)5-10(15(18)19)6-11(13)20-4/h5-7H,8H2,1-4H3. The Labute approximate surface area is 127 Å². The lowest BCUT2D eigenvalue weighted by Gasteiger charge is -2.20. The van der Waals surface area contributed by atoms with Crippen molar-refractivity contribution in [1.82, 2.24) is 0 Å². The Balaban J connectivity index is 3.01. The van der Waals surface area contributed by atoms with Crippen LogP contribution in [0.15, 0.2) is 12.1 Å². The first-order valence-electron chi connectivity index (χ1n) is 6.34. The highest BCUT2D eigenvalue weighted by atomic mass is 16.6. The van der Waals surface area contributed by atoms with Crippen molar-refractivity contribution < 1.29 is 28.7 Å². The zero-order valence-corrected chi connectivity index (χ0v) is 12.7. The molecule has 120 valence electrons. The van der Waals surface area contributed by atoms with E-state index in [9.17, 15) is 19.7 Å². The normalized spacial score (nSPS) is 10.7. The number of benzene rings is 1. The first-order chi connectivity index (χ1) is 10.2. The molecule has 0 N–H and O–H groups in total. The van der Waals surface area contributed by atoms with Gasteiger partial charge in [0.05, 0.1) is 23.7 Å². The van der Waals surface area contributed by atoms with E-state index in [0.29, 0.717) is 6.29 Å². The van der Waals surface area contributed by atoms with E-state index < -0.39 is 23.1 Å². The number of ether oxygens (including phenoxy) is 3. The second-order valence-corrected chi connectivity index (χ2v) is 5.32. The number of methoxy groups -OCH3 is 1. The topological polar surface area (TPSA) is 105 Å². The van der Waals surface area contributed by atoms with Gasteiger partial charge in [-0.1, -0.05) is 0 Å². The summed E-state index contributed by atoms with van der Waals surface area (Å²) in [6.07, 6.45) is 0.389. The molecule has 8 heteroatoms. The molecule has 0 aliphatic rings. The van der Waals surface area contributed by atoms with Crippen LogP contribution in [0, 0.1) is 10.1 Å². The van der Waals surface area contributed by atoms with Gasteiger partial charge in [0.1, 0.15) is 5.60 Å². The molecule has 0 fully saturated rings. The number of nitro groups is 1. The summed E-state index contributed by atoms with van der Waals surface area (Å²) in [5.74, 6) is -0.696. The fraction of sp³-hybridized carbons (Fsp3) is 0.429. The number of aldehydes is 1. The molecule has 0 saturated heterocycles. The molecule has 1 aromatic rings.